The van der Waals surface area contributed by atoms with Crippen molar-refractivity contribution in [2.45, 2.75) is 12.5 Å². The third-order valence-electron chi connectivity index (χ3n) is 2.38. The Morgan fingerprint density at radius 3 is 2.59 bits per heavy atom. The molecule has 1 aromatic rings. The molecule has 17 heavy (non-hydrogen) atoms. The first-order valence-corrected chi connectivity index (χ1v) is 6.61. The average Bonchev–Trinajstić information content (AvgIpc) is 2.35. The molecule has 0 amide bonds. The molecule has 4 nitrogen and oxygen atoms in total. The highest BCUT2D eigenvalue weighted by molar-refractivity contribution is 14.1. The van der Waals surface area contributed by atoms with Crippen LogP contribution in [0.15, 0.2) is 24.3 Å². The molecule has 0 spiro atoms. The fourth-order valence-electron chi connectivity index (χ4n) is 1.44. The lowest BCUT2D eigenvalue weighted by molar-refractivity contribution is 0.0587. The molecule has 0 saturated heterocycles. The molecular formula is C12H19IN2O2. The van der Waals surface area contributed by atoms with Gasteiger partial charge in [-0.25, -0.2) is 0 Å². The molecule has 1 aromatic carbocycles. The summed E-state index contributed by atoms with van der Waals surface area (Å²) in [4.78, 5) is 0. The third kappa shape index (κ3) is 6.32. The van der Waals surface area contributed by atoms with E-state index in [4.69, 9.17) is 15.3 Å². The lowest BCUT2D eigenvalue weighted by Gasteiger charge is -2.16. The van der Waals surface area contributed by atoms with Gasteiger partial charge in [0.05, 0.1) is 19.8 Å². The van der Waals surface area contributed by atoms with E-state index in [1.807, 2.05) is 0 Å². The maximum absolute atomic E-state index is 5.50. The average molecular weight is 350 g/mol. The van der Waals surface area contributed by atoms with Gasteiger partial charge in [-0.15, -0.1) is 0 Å². The van der Waals surface area contributed by atoms with Crippen LogP contribution in [0.25, 0.3) is 0 Å². The van der Waals surface area contributed by atoms with Crippen LogP contribution in [0.3, 0.4) is 0 Å². The van der Waals surface area contributed by atoms with Crippen molar-refractivity contribution in [3.63, 3.8) is 0 Å². The van der Waals surface area contributed by atoms with Crippen LogP contribution in [0.2, 0.25) is 0 Å². The normalized spacial score (nSPS) is 12.6. The Bertz CT molecular complexity index is 306. The van der Waals surface area contributed by atoms with Gasteiger partial charge >= 0.3 is 0 Å². The maximum atomic E-state index is 5.50. The summed E-state index contributed by atoms with van der Waals surface area (Å²) in [5.41, 5.74) is 4.03. The van der Waals surface area contributed by atoms with Crippen LogP contribution in [0.5, 0.6) is 0 Å². The Kier molecular flexibility index (Phi) is 7.70. The second-order valence-electron chi connectivity index (χ2n) is 3.76. The monoisotopic (exact) mass is 350 g/mol. The van der Waals surface area contributed by atoms with Gasteiger partial charge in [-0.05, 0) is 46.7 Å². The van der Waals surface area contributed by atoms with Crippen LogP contribution in [0.1, 0.15) is 5.56 Å². The van der Waals surface area contributed by atoms with E-state index in [2.05, 4.69) is 52.3 Å². The van der Waals surface area contributed by atoms with E-state index in [0.29, 0.717) is 19.8 Å². The molecule has 0 aliphatic rings. The van der Waals surface area contributed by atoms with Crippen LogP contribution in [-0.2, 0) is 15.9 Å². The SMILES string of the molecule is COCCOCC(Cc1ccc(I)cc1)NN. The van der Waals surface area contributed by atoms with Gasteiger partial charge in [-0.2, -0.15) is 0 Å². The van der Waals surface area contributed by atoms with Gasteiger partial charge in [-0.3, -0.25) is 11.3 Å². The van der Waals surface area contributed by atoms with E-state index in [1.54, 1.807) is 7.11 Å². The summed E-state index contributed by atoms with van der Waals surface area (Å²) in [6.07, 6.45) is 0.862. The maximum Gasteiger partial charge on any atom is 0.0701 e. The largest absolute Gasteiger partial charge is 0.382 e. The van der Waals surface area contributed by atoms with E-state index in [9.17, 15) is 0 Å². The molecule has 0 aliphatic carbocycles. The third-order valence-corrected chi connectivity index (χ3v) is 3.10. The molecule has 0 heterocycles. The predicted molar refractivity (Wildman–Crippen MR) is 76.7 cm³/mol. The minimum atomic E-state index is 0.131. The Hall–Kier alpha value is -0.210. The Morgan fingerprint density at radius 2 is 2.00 bits per heavy atom. The highest BCUT2D eigenvalue weighted by Crippen LogP contribution is 2.08. The number of hydrogen-bond donors (Lipinski definition) is 2. The molecule has 0 aliphatic heterocycles. The van der Waals surface area contributed by atoms with E-state index in [-0.39, 0.29) is 6.04 Å². The van der Waals surface area contributed by atoms with E-state index in [0.717, 1.165) is 6.42 Å². The van der Waals surface area contributed by atoms with Gasteiger partial charge in [0.2, 0.25) is 0 Å². The number of hydrogen-bond acceptors (Lipinski definition) is 4. The molecule has 1 rings (SSSR count). The van der Waals surface area contributed by atoms with Crippen molar-refractivity contribution in [2.24, 2.45) is 5.84 Å². The molecule has 1 unspecified atom stereocenters. The number of nitrogens with two attached hydrogens (primary N) is 1. The van der Waals surface area contributed by atoms with Crippen molar-refractivity contribution in [3.8, 4) is 0 Å². The zero-order chi connectivity index (χ0) is 12.5. The molecule has 0 aromatic heterocycles. The van der Waals surface area contributed by atoms with Gasteiger partial charge < -0.3 is 9.47 Å². The number of nitrogens with one attached hydrogen (secondary N) is 1. The molecule has 1 atom stereocenters. The highest BCUT2D eigenvalue weighted by Gasteiger charge is 2.07. The van der Waals surface area contributed by atoms with Crippen molar-refractivity contribution in [1.82, 2.24) is 5.43 Å². The second-order valence-corrected chi connectivity index (χ2v) is 5.01. The van der Waals surface area contributed by atoms with Gasteiger partial charge in [0, 0.05) is 16.7 Å². The topological polar surface area (TPSA) is 56.5 Å². The van der Waals surface area contributed by atoms with Crippen molar-refractivity contribution >= 4 is 22.6 Å². The number of methoxy groups -OCH3 is 1. The number of ether oxygens (including phenoxy) is 2. The van der Waals surface area contributed by atoms with Crippen molar-refractivity contribution in [1.29, 1.82) is 0 Å². The summed E-state index contributed by atoms with van der Waals surface area (Å²) in [6.45, 7) is 1.80. The Morgan fingerprint density at radius 1 is 1.29 bits per heavy atom. The quantitative estimate of drug-likeness (QED) is 0.322. The van der Waals surface area contributed by atoms with Gasteiger partial charge in [-0.1, -0.05) is 12.1 Å². The molecule has 0 saturated carbocycles. The first-order valence-electron chi connectivity index (χ1n) is 5.53. The minimum Gasteiger partial charge on any atom is -0.382 e. The van der Waals surface area contributed by atoms with Crippen molar-refractivity contribution < 1.29 is 9.47 Å². The summed E-state index contributed by atoms with van der Waals surface area (Å²) < 4.78 is 11.6. The number of halogens is 1. The van der Waals surface area contributed by atoms with E-state index in [1.165, 1.54) is 9.13 Å². The predicted octanol–water partition coefficient (Wildman–Crippen LogP) is 1.33. The summed E-state index contributed by atoms with van der Waals surface area (Å²) in [5, 5.41) is 0. The summed E-state index contributed by atoms with van der Waals surface area (Å²) in [7, 11) is 1.66. The van der Waals surface area contributed by atoms with Crippen LogP contribution in [0.4, 0.5) is 0 Å². The zero-order valence-corrected chi connectivity index (χ0v) is 12.1. The minimum absolute atomic E-state index is 0.131. The van der Waals surface area contributed by atoms with Gasteiger partial charge in [0.1, 0.15) is 0 Å². The molecule has 0 fully saturated rings. The molecule has 3 N–H and O–H groups in total. The van der Waals surface area contributed by atoms with Gasteiger partial charge in [0.25, 0.3) is 0 Å². The molecular weight excluding hydrogens is 331 g/mol. The standard InChI is InChI=1S/C12H19IN2O2/c1-16-6-7-17-9-12(15-14)8-10-2-4-11(13)5-3-10/h2-5,12,15H,6-9,14H2,1H3. The lowest BCUT2D eigenvalue weighted by atomic mass is 10.1. The Balaban J connectivity index is 2.33. The fraction of sp³-hybridized carbons (Fsp3) is 0.500. The fourth-order valence-corrected chi connectivity index (χ4v) is 1.80. The van der Waals surface area contributed by atoms with E-state index >= 15 is 0 Å². The lowest BCUT2D eigenvalue weighted by Crippen LogP contribution is -2.40. The van der Waals surface area contributed by atoms with Gasteiger partial charge in [0.15, 0.2) is 0 Å². The number of benzene rings is 1. The number of rotatable bonds is 8. The summed E-state index contributed by atoms with van der Waals surface area (Å²) >= 11 is 2.29. The first kappa shape index (κ1) is 14.8. The number of hydrazine groups is 1. The zero-order valence-electron chi connectivity index (χ0n) is 9.99. The molecule has 5 heteroatoms. The Labute approximate surface area is 116 Å². The highest BCUT2D eigenvalue weighted by atomic mass is 127. The van der Waals surface area contributed by atoms with Crippen LogP contribution in [-0.4, -0.2) is 33.0 Å². The molecule has 96 valence electrons. The smallest absolute Gasteiger partial charge is 0.0701 e. The first-order chi connectivity index (χ1) is 8.26. The van der Waals surface area contributed by atoms with Crippen LogP contribution < -0.4 is 11.3 Å². The van der Waals surface area contributed by atoms with Crippen molar-refractivity contribution in [3.05, 3.63) is 33.4 Å². The van der Waals surface area contributed by atoms with Crippen LogP contribution >= 0.6 is 22.6 Å². The second kappa shape index (κ2) is 8.82. The van der Waals surface area contributed by atoms with Crippen LogP contribution in [0, 0.1) is 3.57 Å². The molecule has 0 bridgehead atoms. The summed E-state index contributed by atoms with van der Waals surface area (Å²) in [5.74, 6) is 5.50. The molecule has 0 radical (unpaired) electrons. The van der Waals surface area contributed by atoms with Crippen molar-refractivity contribution in [2.75, 3.05) is 26.9 Å². The van der Waals surface area contributed by atoms with E-state index < -0.39 is 0 Å². The summed E-state index contributed by atoms with van der Waals surface area (Å²) in [6, 6.07) is 8.54.